The van der Waals surface area contributed by atoms with Crippen LogP contribution in [0, 0.1) is 0 Å². The van der Waals surface area contributed by atoms with Crippen LogP contribution in [0.4, 0.5) is 0 Å². The van der Waals surface area contributed by atoms with Crippen molar-refractivity contribution in [1.82, 2.24) is 5.43 Å². The first-order valence-electron chi connectivity index (χ1n) is 8.42. The van der Waals surface area contributed by atoms with Crippen molar-refractivity contribution in [1.29, 1.82) is 0 Å². The molecular formula is C22H20N2O2. The zero-order chi connectivity index (χ0) is 18.0. The number of ether oxygens (including phenoxy) is 1. The van der Waals surface area contributed by atoms with E-state index in [1.165, 1.54) is 0 Å². The molecule has 1 amide bonds. The third-order valence-corrected chi connectivity index (χ3v) is 3.72. The molecule has 0 saturated carbocycles. The molecule has 4 heteroatoms. The van der Waals surface area contributed by atoms with E-state index in [0.29, 0.717) is 13.0 Å². The highest BCUT2D eigenvalue weighted by molar-refractivity contribution is 5.83. The summed E-state index contributed by atoms with van der Waals surface area (Å²) < 4.78 is 5.79. The number of nitrogens with zero attached hydrogens (tertiary/aromatic N) is 1. The van der Waals surface area contributed by atoms with Crippen molar-refractivity contribution in [2.24, 2.45) is 5.10 Å². The van der Waals surface area contributed by atoms with E-state index in [-0.39, 0.29) is 5.91 Å². The van der Waals surface area contributed by atoms with Gasteiger partial charge in [0.1, 0.15) is 12.4 Å². The van der Waals surface area contributed by atoms with Crippen LogP contribution in [0.5, 0.6) is 5.75 Å². The summed E-state index contributed by atoms with van der Waals surface area (Å²) in [5.74, 6) is 0.609. The number of amides is 1. The molecule has 3 aromatic carbocycles. The van der Waals surface area contributed by atoms with E-state index in [1.54, 1.807) is 6.21 Å². The maximum atomic E-state index is 11.9. The summed E-state index contributed by atoms with van der Waals surface area (Å²) in [7, 11) is 0. The zero-order valence-electron chi connectivity index (χ0n) is 14.3. The molecule has 0 aliphatic heterocycles. The molecule has 0 unspecified atom stereocenters. The average Bonchev–Trinajstić information content (AvgIpc) is 2.68. The Kier molecular flexibility index (Phi) is 6.15. The highest BCUT2D eigenvalue weighted by Crippen LogP contribution is 2.14. The topological polar surface area (TPSA) is 50.7 Å². The molecule has 0 heterocycles. The molecular weight excluding hydrogens is 324 g/mol. The molecule has 0 atom stereocenters. The highest BCUT2D eigenvalue weighted by atomic mass is 16.5. The zero-order valence-corrected chi connectivity index (χ0v) is 14.3. The Balaban J connectivity index is 1.51. The van der Waals surface area contributed by atoms with E-state index in [2.05, 4.69) is 10.5 Å². The van der Waals surface area contributed by atoms with Crippen LogP contribution >= 0.6 is 0 Å². The molecule has 0 bridgehead atoms. The number of nitrogens with one attached hydrogen (secondary N) is 1. The largest absolute Gasteiger partial charge is 0.489 e. The quantitative estimate of drug-likeness (QED) is 0.521. The first kappa shape index (κ1) is 17.4. The number of carbonyl (C=O) groups is 1. The van der Waals surface area contributed by atoms with Crippen molar-refractivity contribution in [2.45, 2.75) is 13.0 Å². The minimum Gasteiger partial charge on any atom is -0.489 e. The van der Waals surface area contributed by atoms with Crippen LogP contribution in [0.25, 0.3) is 0 Å². The first-order valence-corrected chi connectivity index (χ1v) is 8.42. The first-order chi connectivity index (χ1) is 12.8. The van der Waals surface area contributed by atoms with Crippen LogP contribution in [-0.4, -0.2) is 12.1 Å². The lowest BCUT2D eigenvalue weighted by atomic mass is 10.1. The third-order valence-electron chi connectivity index (χ3n) is 3.72. The van der Waals surface area contributed by atoms with Gasteiger partial charge in [0.25, 0.3) is 0 Å². The van der Waals surface area contributed by atoms with Crippen LogP contribution in [0.1, 0.15) is 16.7 Å². The van der Waals surface area contributed by atoms with E-state index in [4.69, 9.17) is 4.74 Å². The molecule has 0 aliphatic carbocycles. The van der Waals surface area contributed by atoms with Crippen molar-refractivity contribution in [3.05, 3.63) is 102 Å². The number of benzene rings is 3. The Labute approximate surface area is 153 Å². The van der Waals surface area contributed by atoms with Gasteiger partial charge in [-0.05, 0) is 28.8 Å². The molecule has 3 rings (SSSR count). The van der Waals surface area contributed by atoms with Gasteiger partial charge < -0.3 is 4.74 Å². The van der Waals surface area contributed by atoms with E-state index < -0.39 is 0 Å². The monoisotopic (exact) mass is 344 g/mol. The molecule has 130 valence electrons. The van der Waals surface area contributed by atoms with Gasteiger partial charge in [0.05, 0.1) is 12.6 Å². The summed E-state index contributed by atoms with van der Waals surface area (Å²) in [6.45, 7) is 0.509. The van der Waals surface area contributed by atoms with Crippen LogP contribution in [-0.2, 0) is 17.8 Å². The minimum atomic E-state index is -0.149. The number of hydrazone groups is 1. The van der Waals surface area contributed by atoms with Crippen molar-refractivity contribution in [3.8, 4) is 5.75 Å². The summed E-state index contributed by atoms with van der Waals surface area (Å²) >= 11 is 0. The molecule has 0 fully saturated rings. The SMILES string of the molecule is O=C(Cc1ccccc1)N/N=C/c1cccc(OCc2ccccc2)c1. The van der Waals surface area contributed by atoms with E-state index >= 15 is 0 Å². The molecule has 26 heavy (non-hydrogen) atoms. The Bertz CT molecular complexity index is 862. The van der Waals surface area contributed by atoms with Gasteiger partial charge in [-0.15, -0.1) is 0 Å². The second-order valence-corrected chi connectivity index (χ2v) is 5.80. The van der Waals surface area contributed by atoms with Gasteiger partial charge in [-0.3, -0.25) is 4.79 Å². The van der Waals surface area contributed by atoms with Gasteiger partial charge in [-0.25, -0.2) is 5.43 Å². The fourth-order valence-corrected chi connectivity index (χ4v) is 2.43. The summed E-state index contributed by atoms with van der Waals surface area (Å²) in [6.07, 6.45) is 1.91. The van der Waals surface area contributed by atoms with Crippen molar-refractivity contribution in [2.75, 3.05) is 0 Å². The van der Waals surface area contributed by atoms with Crippen LogP contribution in [0.3, 0.4) is 0 Å². The molecule has 4 nitrogen and oxygen atoms in total. The Morgan fingerprint density at radius 2 is 1.58 bits per heavy atom. The summed E-state index contributed by atoms with van der Waals surface area (Å²) in [5.41, 5.74) is 5.47. The molecule has 0 saturated heterocycles. The van der Waals surface area contributed by atoms with Gasteiger partial charge in [0.2, 0.25) is 5.91 Å². The lowest BCUT2D eigenvalue weighted by Gasteiger charge is -2.06. The van der Waals surface area contributed by atoms with Gasteiger partial charge in [-0.2, -0.15) is 5.10 Å². The van der Waals surface area contributed by atoms with Gasteiger partial charge >= 0.3 is 0 Å². The summed E-state index contributed by atoms with van der Waals surface area (Å²) in [5, 5.41) is 4.02. The maximum absolute atomic E-state index is 11.9. The van der Waals surface area contributed by atoms with Crippen LogP contribution in [0.2, 0.25) is 0 Å². The fourth-order valence-electron chi connectivity index (χ4n) is 2.43. The maximum Gasteiger partial charge on any atom is 0.244 e. The second-order valence-electron chi connectivity index (χ2n) is 5.80. The molecule has 0 aliphatic rings. The standard InChI is InChI=1S/C22H20N2O2/c25-22(15-18-8-3-1-4-9-18)24-23-16-20-12-7-13-21(14-20)26-17-19-10-5-2-6-11-19/h1-14,16H,15,17H2,(H,24,25)/b23-16+. The fraction of sp³-hybridized carbons (Fsp3) is 0.0909. The summed E-state index contributed by atoms with van der Waals surface area (Å²) in [6, 6.07) is 27.1. The van der Waals surface area contributed by atoms with Crippen molar-refractivity contribution in [3.63, 3.8) is 0 Å². The van der Waals surface area contributed by atoms with Crippen molar-refractivity contribution < 1.29 is 9.53 Å². The average molecular weight is 344 g/mol. The molecule has 0 radical (unpaired) electrons. The van der Waals surface area contributed by atoms with Gasteiger partial charge in [-0.1, -0.05) is 72.8 Å². The minimum absolute atomic E-state index is 0.149. The number of hydrogen-bond donors (Lipinski definition) is 1. The van der Waals surface area contributed by atoms with Crippen LogP contribution < -0.4 is 10.2 Å². The Morgan fingerprint density at radius 3 is 2.31 bits per heavy atom. The van der Waals surface area contributed by atoms with Gasteiger partial charge in [0.15, 0.2) is 0 Å². The molecule has 0 spiro atoms. The third kappa shape index (κ3) is 5.60. The lowest BCUT2D eigenvalue weighted by Crippen LogP contribution is -2.19. The predicted octanol–water partition coefficient (Wildman–Crippen LogP) is 3.96. The molecule has 0 aromatic heterocycles. The van der Waals surface area contributed by atoms with E-state index in [1.807, 2.05) is 84.9 Å². The molecule has 3 aromatic rings. The van der Waals surface area contributed by atoms with E-state index in [9.17, 15) is 4.79 Å². The smallest absolute Gasteiger partial charge is 0.244 e. The number of hydrogen-bond acceptors (Lipinski definition) is 3. The normalized spacial score (nSPS) is 10.6. The van der Waals surface area contributed by atoms with Crippen molar-refractivity contribution >= 4 is 12.1 Å². The lowest BCUT2D eigenvalue weighted by molar-refractivity contribution is -0.120. The summed E-state index contributed by atoms with van der Waals surface area (Å²) in [4.78, 5) is 11.9. The predicted molar refractivity (Wildman–Crippen MR) is 103 cm³/mol. The van der Waals surface area contributed by atoms with Gasteiger partial charge in [0, 0.05) is 0 Å². The highest BCUT2D eigenvalue weighted by Gasteiger charge is 2.01. The van der Waals surface area contributed by atoms with E-state index in [0.717, 1.165) is 22.4 Å². The number of carbonyl (C=O) groups excluding carboxylic acids is 1. The Morgan fingerprint density at radius 1 is 0.885 bits per heavy atom. The second kappa shape index (κ2) is 9.18. The van der Waals surface area contributed by atoms with Crippen LogP contribution in [0.15, 0.2) is 90.0 Å². The number of rotatable bonds is 7. The Hall–Kier alpha value is -3.40. The molecule has 1 N–H and O–H groups in total.